The first-order valence-corrected chi connectivity index (χ1v) is 8.01. The Hall–Kier alpha value is -2.10. The van der Waals surface area contributed by atoms with Crippen LogP contribution in [-0.2, 0) is 6.42 Å². The Bertz CT molecular complexity index is 567. The molecule has 1 aromatic heterocycles. The molecule has 0 aliphatic carbocycles. The van der Waals surface area contributed by atoms with Crippen LogP contribution in [0.3, 0.4) is 0 Å². The summed E-state index contributed by atoms with van der Waals surface area (Å²) in [4.78, 5) is 8.94. The summed E-state index contributed by atoms with van der Waals surface area (Å²) in [6.07, 6.45) is 2.16. The van der Waals surface area contributed by atoms with Gasteiger partial charge in [-0.05, 0) is 31.2 Å². The summed E-state index contributed by atoms with van der Waals surface area (Å²) in [5, 5.41) is 6.67. The number of aromatic nitrogens is 2. The average molecular weight is 298 g/mol. The van der Waals surface area contributed by atoms with Crippen molar-refractivity contribution in [3.8, 4) is 0 Å². The fourth-order valence-corrected chi connectivity index (χ4v) is 2.19. The summed E-state index contributed by atoms with van der Waals surface area (Å²) in [6.45, 7) is 8.14. The van der Waals surface area contributed by atoms with Gasteiger partial charge in [-0.15, -0.1) is 0 Å². The molecule has 2 N–H and O–H groups in total. The number of hydrogen-bond acceptors (Lipinski definition) is 4. The maximum atomic E-state index is 4.52. The third-order valence-corrected chi connectivity index (χ3v) is 3.31. The number of aryl methyl sites for hydroxylation is 2. The van der Waals surface area contributed by atoms with E-state index < -0.39 is 0 Å². The molecule has 1 heterocycles. The molecule has 0 aliphatic rings. The Kier molecular flexibility index (Phi) is 6.19. The summed E-state index contributed by atoms with van der Waals surface area (Å²) < 4.78 is 0. The van der Waals surface area contributed by atoms with Crippen LogP contribution in [0.2, 0.25) is 0 Å². The average Bonchev–Trinajstić information content (AvgIpc) is 2.50. The summed E-state index contributed by atoms with van der Waals surface area (Å²) in [5.41, 5.74) is 2.36. The fourth-order valence-electron chi connectivity index (χ4n) is 2.19. The summed E-state index contributed by atoms with van der Waals surface area (Å²) in [5.74, 6) is 2.18. The lowest BCUT2D eigenvalue weighted by atomic mass is 10.1. The molecular formula is C18H26N4. The Morgan fingerprint density at radius 3 is 2.55 bits per heavy atom. The van der Waals surface area contributed by atoms with E-state index in [1.165, 1.54) is 5.56 Å². The largest absolute Gasteiger partial charge is 0.370 e. The van der Waals surface area contributed by atoms with E-state index in [1.807, 2.05) is 13.0 Å². The molecule has 4 heteroatoms. The van der Waals surface area contributed by atoms with Crippen molar-refractivity contribution in [3.63, 3.8) is 0 Å². The van der Waals surface area contributed by atoms with E-state index in [-0.39, 0.29) is 0 Å². The van der Waals surface area contributed by atoms with Crippen molar-refractivity contribution in [2.45, 2.75) is 33.6 Å². The van der Waals surface area contributed by atoms with Gasteiger partial charge in [-0.2, -0.15) is 4.98 Å². The van der Waals surface area contributed by atoms with Crippen LogP contribution in [0.5, 0.6) is 0 Å². The molecule has 0 unspecified atom stereocenters. The molecule has 0 atom stereocenters. The van der Waals surface area contributed by atoms with Crippen molar-refractivity contribution in [2.75, 3.05) is 23.7 Å². The molecule has 0 amide bonds. The molecule has 118 valence electrons. The quantitative estimate of drug-likeness (QED) is 0.726. The molecule has 0 radical (unpaired) electrons. The first-order valence-electron chi connectivity index (χ1n) is 8.01. The second-order valence-corrected chi connectivity index (χ2v) is 6.01. The lowest BCUT2D eigenvalue weighted by molar-refractivity contribution is 0.684. The lowest BCUT2D eigenvalue weighted by Crippen LogP contribution is -2.13. The van der Waals surface area contributed by atoms with Crippen molar-refractivity contribution in [1.29, 1.82) is 0 Å². The predicted octanol–water partition coefficient (Wildman–Crippen LogP) is 3.90. The zero-order valence-corrected chi connectivity index (χ0v) is 13.8. The lowest BCUT2D eigenvalue weighted by Gasteiger charge is -2.11. The molecular weight excluding hydrogens is 272 g/mol. The van der Waals surface area contributed by atoms with Gasteiger partial charge in [0.05, 0.1) is 0 Å². The Morgan fingerprint density at radius 2 is 1.82 bits per heavy atom. The standard InChI is InChI=1S/C18H26N4/c1-14(2)13-20-18-21-15(3)12-17(22-18)19-11-7-10-16-8-5-4-6-9-16/h4-6,8-9,12,14H,7,10-11,13H2,1-3H3,(H2,19,20,21,22). The van der Waals surface area contributed by atoms with Crippen molar-refractivity contribution in [2.24, 2.45) is 5.92 Å². The minimum Gasteiger partial charge on any atom is -0.370 e. The number of nitrogens with one attached hydrogen (secondary N) is 2. The summed E-state index contributed by atoms with van der Waals surface area (Å²) >= 11 is 0. The Balaban J connectivity index is 1.81. The zero-order valence-electron chi connectivity index (χ0n) is 13.8. The molecule has 0 saturated heterocycles. The highest BCUT2D eigenvalue weighted by Crippen LogP contribution is 2.11. The zero-order chi connectivity index (χ0) is 15.8. The van der Waals surface area contributed by atoms with Crippen molar-refractivity contribution in [1.82, 2.24) is 9.97 Å². The molecule has 0 aliphatic heterocycles. The SMILES string of the molecule is Cc1cc(NCCCc2ccccc2)nc(NCC(C)C)n1. The van der Waals surface area contributed by atoms with Gasteiger partial charge in [0, 0.05) is 24.8 Å². The predicted molar refractivity (Wildman–Crippen MR) is 93.3 cm³/mol. The van der Waals surface area contributed by atoms with Crippen molar-refractivity contribution in [3.05, 3.63) is 47.7 Å². The van der Waals surface area contributed by atoms with Gasteiger partial charge < -0.3 is 10.6 Å². The van der Waals surface area contributed by atoms with Crippen LogP contribution in [0.25, 0.3) is 0 Å². The Labute approximate surface area is 133 Å². The van der Waals surface area contributed by atoms with E-state index in [0.717, 1.165) is 37.4 Å². The molecule has 22 heavy (non-hydrogen) atoms. The minimum absolute atomic E-state index is 0.575. The van der Waals surface area contributed by atoms with Crippen LogP contribution in [0.4, 0.5) is 11.8 Å². The van der Waals surface area contributed by atoms with Crippen LogP contribution in [-0.4, -0.2) is 23.1 Å². The van der Waals surface area contributed by atoms with Gasteiger partial charge in [0.25, 0.3) is 0 Å². The van der Waals surface area contributed by atoms with E-state index in [0.29, 0.717) is 11.9 Å². The smallest absolute Gasteiger partial charge is 0.224 e. The van der Waals surface area contributed by atoms with Gasteiger partial charge >= 0.3 is 0 Å². The maximum Gasteiger partial charge on any atom is 0.224 e. The van der Waals surface area contributed by atoms with Crippen molar-refractivity contribution >= 4 is 11.8 Å². The molecule has 0 bridgehead atoms. The van der Waals surface area contributed by atoms with Crippen LogP contribution in [0.15, 0.2) is 36.4 Å². The van der Waals surface area contributed by atoms with Crippen molar-refractivity contribution < 1.29 is 0 Å². The topological polar surface area (TPSA) is 49.8 Å². The number of benzene rings is 1. The molecule has 0 saturated carbocycles. The molecule has 2 aromatic rings. The third kappa shape index (κ3) is 5.72. The molecule has 0 spiro atoms. The van der Waals surface area contributed by atoms with E-state index in [2.05, 4.69) is 64.8 Å². The Morgan fingerprint density at radius 1 is 1.05 bits per heavy atom. The molecule has 0 fully saturated rings. The fraction of sp³-hybridized carbons (Fsp3) is 0.444. The summed E-state index contributed by atoms with van der Waals surface area (Å²) in [7, 11) is 0. The second kappa shape index (κ2) is 8.37. The third-order valence-electron chi connectivity index (χ3n) is 3.31. The highest BCUT2D eigenvalue weighted by atomic mass is 15.1. The minimum atomic E-state index is 0.575. The highest BCUT2D eigenvalue weighted by Gasteiger charge is 2.03. The number of nitrogens with zero attached hydrogens (tertiary/aromatic N) is 2. The van der Waals surface area contributed by atoms with Gasteiger partial charge in [0.2, 0.25) is 5.95 Å². The summed E-state index contributed by atoms with van der Waals surface area (Å²) in [6, 6.07) is 12.6. The normalized spacial score (nSPS) is 10.7. The highest BCUT2D eigenvalue weighted by molar-refractivity contribution is 5.42. The van der Waals surface area contributed by atoms with Gasteiger partial charge in [0.1, 0.15) is 5.82 Å². The maximum absolute atomic E-state index is 4.52. The first kappa shape index (κ1) is 16.3. The van der Waals surface area contributed by atoms with Gasteiger partial charge in [0.15, 0.2) is 0 Å². The second-order valence-electron chi connectivity index (χ2n) is 6.01. The molecule has 2 rings (SSSR count). The number of anilines is 2. The van der Waals surface area contributed by atoms with E-state index in [9.17, 15) is 0 Å². The first-order chi connectivity index (χ1) is 10.6. The molecule has 1 aromatic carbocycles. The number of rotatable bonds is 8. The van der Waals surface area contributed by atoms with Crippen LogP contribution in [0, 0.1) is 12.8 Å². The van der Waals surface area contributed by atoms with Gasteiger partial charge in [-0.3, -0.25) is 0 Å². The van der Waals surface area contributed by atoms with Crippen LogP contribution >= 0.6 is 0 Å². The van der Waals surface area contributed by atoms with Crippen LogP contribution < -0.4 is 10.6 Å². The van der Waals surface area contributed by atoms with E-state index >= 15 is 0 Å². The number of hydrogen-bond donors (Lipinski definition) is 2. The van der Waals surface area contributed by atoms with E-state index in [4.69, 9.17) is 0 Å². The molecule has 4 nitrogen and oxygen atoms in total. The van der Waals surface area contributed by atoms with Gasteiger partial charge in [-0.25, -0.2) is 4.98 Å². The van der Waals surface area contributed by atoms with E-state index in [1.54, 1.807) is 0 Å². The van der Waals surface area contributed by atoms with Crippen LogP contribution in [0.1, 0.15) is 31.5 Å². The monoisotopic (exact) mass is 298 g/mol. The van der Waals surface area contributed by atoms with Gasteiger partial charge in [-0.1, -0.05) is 44.2 Å².